The van der Waals surface area contributed by atoms with Gasteiger partial charge in [0.2, 0.25) is 0 Å². The highest BCUT2D eigenvalue weighted by Crippen LogP contribution is 2.18. The largest absolute Gasteiger partial charge is 0.399 e. The Bertz CT molecular complexity index is 788. The quantitative estimate of drug-likeness (QED) is 0.618. The van der Waals surface area contributed by atoms with Crippen molar-refractivity contribution in [3.05, 3.63) is 42.1 Å². The molecule has 0 atom stereocenters. The predicted octanol–water partition coefficient (Wildman–Crippen LogP) is 0.851. The molecule has 0 bridgehead atoms. The number of rotatable bonds is 4. The molecule has 3 aromatic rings. The highest BCUT2D eigenvalue weighted by atomic mass is 16.1. The molecule has 0 aliphatic rings. The maximum Gasteiger partial charge on any atom is 0.267 e. The van der Waals surface area contributed by atoms with Crippen LogP contribution in [0.2, 0.25) is 0 Å². The van der Waals surface area contributed by atoms with Crippen LogP contribution in [0.5, 0.6) is 0 Å². The summed E-state index contributed by atoms with van der Waals surface area (Å²) >= 11 is 0. The standard InChI is InChI=1S/C14H16N6O/c1-20-8-17-13(19-20)4-5-16-14(21)12-7-9-6-10(15)2-3-11(9)18-12/h2-3,6-8,18H,4-5,15H2,1H3,(H,16,21). The summed E-state index contributed by atoms with van der Waals surface area (Å²) < 4.78 is 1.64. The van der Waals surface area contributed by atoms with Crippen LogP contribution in [-0.4, -0.2) is 32.2 Å². The third-order valence-corrected chi connectivity index (χ3v) is 3.17. The molecule has 0 aliphatic heterocycles. The van der Waals surface area contributed by atoms with E-state index in [0.29, 0.717) is 30.2 Å². The third kappa shape index (κ3) is 2.86. The average molecular weight is 284 g/mol. The van der Waals surface area contributed by atoms with Gasteiger partial charge in [-0.05, 0) is 24.3 Å². The minimum absolute atomic E-state index is 0.152. The summed E-state index contributed by atoms with van der Waals surface area (Å²) in [6.45, 7) is 0.486. The van der Waals surface area contributed by atoms with Gasteiger partial charge in [-0.2, -0.15) is 5.10 Å². The number of hydrogen-bond acceptors (Lipinski definition) is 4. The number of H-pyrrole nitrogens is 1. The van der Waals surface area contributed by atoms with Crippen molar-refractivity contribution < 1.29 is 4.79 Å². The van der Waals surface area contributed by atoms with Crippen LogP contribution in [0.25, 0.3) is 10.9 Å². The molecule has 0 saturated heterocycles. The second-order valence-electron chi connectivity index (χ2n) is 4.87. The molecule has 0 radical (unpaired) electrons. The van der Waals surface area contributed by atoms with Crippen molar-refractivity contribution >= 4 is 22.5 Å². The first kappa shape index (κ1) is 13.2. The summed E-state index contributed by atoms with van der Waals surface area (Å²) in [5, 5.41) is 7.92. The Morgan fingerprint density at radius 2 is 2.29 bits per heavy atom. The van der Waals surface area contributed by atoms with Gasteiger partial charge in [-0.15, -0.1) is 0 Å². The van der Waals surface area contributed by atoms with Gasteiger partial charge in [0.05, 0.1) is 0 Å². The SMILES string of the molecule is Cn1cnc(CCNC(=O)c2cc3cc(N)ccc3[nH]2)n1. The van der Waals surface area contributed by atoms with Crippen LogP contribution in [0.4, 0.5) is 5.69 Å². The number of aryl methyl sites for hydroxylation is 1. The van der Waals surface area contributed by atoms with E-state index in [0.717, 1.165) is 10.9 Å². The van der Waals surface area contributed by atoms with Gasteiger partial charge in [-0.1, -0.05) is 0 Å². The van der Waals surface area contributed by atoms with Crippen LogP contribution in [0, 0.1) is 0 Å². The topological polar surface area (TPSA) is 102 Å². The molecule has 2 heterocycles. The minimum Gasteiger partial charge on any atom is -0.399 e. The van der Waals surface area contributed by atoms with Crippen LogP contribution in [0.1, 0.15) is 16.3 Å². The van der Waals surface area contributed by atoms with Gasteiger partial charge in [0.15, 0.2) is 5.82 Å². The Morgan fingerprint density at radius 3 is 3.05 bits per heavy atom. The first-order chi connectivity index (χ1) is 10.1. The van der Waals surface area contributed by atoms with Crippen molar-refractivity contribution in [3.8, 4) is 0 Å². The minimum atomic E-state index is -0.152. The molecule has 7 heteroatoms. The zero-order chi connectivity index (χ0) is 14.8. The van der Waals surface area contributed by atoms with Gasteiger partial charge >= 0.3 is 0 Å². The highest BCUT2D eigenvalue weighted by Gasteiger charge is 2.09. The Kier molecular flexibility index (Phi) is 3.31. The lowest BCUT2D eigenvalue weighted by Crippen LogP contribution is -2.26. The van der Waals surface area contributed by atoms with E-state index in [-0.39, 0.29) is 5.91 Å². The molecule has 3 rings (SSSR count). The molecule has 4 N–H and O–H groups in total. The molecule has 1 aromatic carbocycles. The van der Waals surface area contributed by atoms with E-state index in [1.165, 1.54) is 0 Å². The molecule has 108 valence electrons. The smallest absolute Gasteiger partial charge is 0.267 e. The maximum atomic E-state index is 12.1. The fraction of sp³-hybridized carbons (Fsp3) is 0.214. The van der Waals surface area contributed by atoms with Crippen molar-refractivity contribution in [1.29, 1.82) is 0 Å². The maximum absolute atomic E-state index is 12.1. The van der Waals surface area contributed by atoms with Gasteiger partial charge < -0.3 is 16.0 Å². The van der Waals surface area contributed by atoms with E-state index in [9.17, 15) is 4.79 Å². The van der Waals surface area contributed by atoms with E-state index >= 15 is 0 Å². The van der Waals surface area contributed by atoms with Gasteiger partial charge in [-0.3, -0.25) is 9.48 Å². The normalized spacial score (nSPS) is 10.9. The summed E-state index contributed by atoms with van der Waals surface area (Å²) in [5.41, 5.74) is 7.81. The predicted molar refractivity (Wildman–Crippen MR) is 79.8 cm³/mol. The number of nitrogen functional groups attached to an aromatic ring is 1. The molecule has 0 spiro atoms. The molecule has 0 saturated carbocycles. The number of fused-ring (bicyclic) bond motifs is 1. The molecule has 0 fully saturated rings. The number of nitrogens with zero attached hydrogens (tertiary/aromatic N) is 3. The molecule has 0 unspecified atom stereocenters. The zero-order valence-corrected chi connectivity index (χ0v) is 11.6. The van der Waals surface area contributed by atoms with Crippen molar-refractivity contribution in [2.24, 2.45) is 7.05 Å². The average Bonchev–Trinajstić information content (AvgIpc) is 3.04. The Morgan fingerprint density at radius 1 is 1.43 bits per heavy atom. The second-order valence-corrected chi connectivity index (χ2v) is 4.87. The number of anilines is 1. The van der Waals surface area contributed by atoms with Gasteiger partial charge in [0.1, 0.15) is 12.0 Å². The fourth-order valence-electron chi connectivity index (χ4n) is 2.15. The monoisotopic (exact) mass is 284 g/mol. The van der Waals surface area contributed by atoms with Gasteiger partial charge in [-0.25, -0.2) is 4.98 Å². The molecule has 7 nitrogen and oxygen atoms in total. The number of aromatic amines is 1. The van der Waals surface area contributed by atoms with Crippen LogP contribution in [0.3, 0.4) is 0 Å². The number of carbonyl (C=O) groups excluding carboxylic acids is 1. The number of aromatic nitrogens is 4. The van der Waals surface area contributed by atoms with Crippen molar-refractivity contribution in [2.45, 2.75) is 6.42 Å². The fourth-order valence-corrected chi connectivity index (χ4v) is 2.15. The number of benzene rings is 1. The number of nitrogens with one attached hydrogen (secondary N) is 2. The highest BCUT2D eigenvalue weighted by molar-refractivity contribution is 5.98. The first-order valence-corrected chi connectivity index (χ1v) is 6.63. The molecular weight excluding hydrogens is 268 g/mol. The Balaban J connectivity index is 1.63. The van der Waals surface area contributed by atoms with Crippen molar-refractivity contribution in [1.82, 2.24) is 25.1 Å². The molecule has 1 amide bonds. The molecule has 0 aliphatic carbocycles. The lowest BCUT2D eigenvalue weighted by Gasteiger charge is -2.01. The lowest BCUT2D eigenvalue weighted by molar-refractivity contribution is 0.0950. The summed E-state index contributed by atoms with van der Waals surface area (Å²) in [6, 6.07) is 7.28. The van der Waals surface area contributed by atoms with Gasteiger partial charge in [0.25, 0.3) is 5.91 Å². The lowest BCUT2D eigenvalue weighted by atomic mass is 10.2. The van der Waals surface area contributed by atoms with E-state index < -0.39 is 0 Å². The van der Waals surface area contributed by atoms with Crippen LogP contribution >= 0.6 is 0 Å². The van der Waals surface area contributed by atoms with Crippen LogP contribution in [0.15, 0.2) is 30.6 Å². The van der Waals surface area contributed by atoms with Crippen molar-refractivity contribution in [3.63, 3.8) is 0 Å². The first-order valence-electron chi connectivity index (χ1n) is 6.63. The Hall–Kier alpha value is -2.83. The zero-order valence-electron chi connectivity index (χ0n) is 11.6. The van der Waals surface area contributed by atoms with E-state index in [4.69, 9.17) is 5.73 Å². The summed E-state index contributed by atoms with van der Waals surface area (Å²) in [4.78, 5) is 19.3. The summed E-state index contributed by atoms with van der Waals surface area (Å²) in [7, 11) is 1.81. The number of nitrogens with two attached hydrogens (primary N) is 1. The van der Waals surface area contributed by atoms with Crippen LogP contribution in [-0.2, 0) is 13.5 Å². The molecular formula is C14H16N6O. The van der Waals surface area contributed by atoms with E-state index in [1.807, 2.05) is 19.2 Å². The second kappa shape index (κ2) is 5.28. The number of amides is 1. The van der Waals surface area contributed by atoms with E-state index in [2.05, 4.69) is 20.4 Å². The van der Waals surface area contributed by atoms with Crippen molar-refractivity contribution in [2.75, 3.05) is 12.3 Å². The molecule has 2 aromatic heterocycles. The Labute approximate surface area is 121 Å². The number of hydrogen-bond donors (Lipinski definition) is 3. The van der Waals surface area contributed by atoms with Gasteiger partial charge in [0, 0.05) is 36.6 Å². The number of carbonyl (C=O) groups is 1. The van der Waals surface area contributed by atoms with Crippen LogP contribution < -0.4 is 11.1 Å². The summed E-state index contributed by atoms with van der Waals surface area (Å²) in [6.07, 6.45) is 2.24. The summed E-state index contributed by atoms with van der Waals surface area (Å²) in [5.74, 6) is 0.558. The van der Waals surface area contributed by atoms with E-state index in [1.54, 1.807) is 23.1 Å². The third-order valence-electron chi connectivity index (χ3n) is 3.17. The molecule has 21 heavy (non-hydrogen) atoms.